The molecule has 2 N–H and O–H groups in total. The fraction of sp³-hybridized carbons (Fsp3) is 0.500. The quantitative estimate of drug-likeness (QED) is 0.518. The number of carbonyl (C=O) groups is 1. The second kappa shape index (κ2) is 7.23. The molecule has 0 heterocycles. The molecule has 0 fully saturated rings. The molecule has 3 nitrogen and oxygen atoms in total. The first-order valence-corrected chi connectivity index (χ1v) is 4.17. The Morgan fingerprint density at radius 2 is 2.38 bits per heavy atom. The van der Waals surface area contributed by atoms with Crippen molar-refractivity contribution in [1.82, 2.24) is 0 Å². The van der Waals surface area contributed by atoms with Gasteiger partial charge in [0.15, 0.2) is 0 Å². The van der Waals surface area contributed by atoms with Crippen molar-refractivity contribution in [3.63, 3.8) is 0 Å². The summed E-state index contributed by atoms with van der Waals surface area (Å²) in [7, 11) is 0. The van der Waals surface area contributed by atoms with Gasteiger partial charge in [-0.1, -0.05) is 19.1 Å². The van der Waals surface area contributed by atoms with Crippen LogP contribution >= 0.6 is 0 Å². The third-order valence-electron chi connectivity index (χ3n) is 1.49. The van der Waals surface area contributed by atoms with Crippen molar-refractivity contribution in [1.29, 1.82) is 0 Å². The Hall–Kier alpha value is -1.43. The molecule has 1 amide bonds. The van der Waals surface area contributed by atoms with Gasteiger partial charge >= 0.3 is 6.09 Å². The summed E-state index contributed by atoms with van der Waals surface area (Å²) in [4.78, 5) is 10.1. The van der Waals surface area contributed by atoms with Gasteiger partial charge < -0.3 is 10.5 Å². The van der Waals surface area contributed by atoms with E-state index < -0.39 is 6.09 Å². The van der Waals surface area contributed by atoms with Gasteiger partial charge in [-0.15, -0.1) is 12.3 Å². The van der Waals surface area contributed by atoms with Gasteiger partial charge in [-0.2, -0.15) is 0 Å². The largest absolute Gasteiger partial charge is 0.445 e. The second-order valence-electron chi connectivity index (χ2n) is 2.85. The molecule has 0 saturated heterocycles. The average molecular weight is 181 g/mol. The number of carbonyl (C=O) groups excluding carboxylic acids is 1. The molecule has 0 aliphatic carbocycles. The van der Waals surface area contributed by atoms with Crippen LogP contribution < -0.4 is 5.73 Å². The number of rotatable bonds is 5. The molecule has 0 spiro atoms. The average Bonchev–Trinajstić information content (AvgIpc) is 2.03. The maximum atomic E-state index is 10.1. The Bertz CT molecular complexity index is 215. The Balaban J connectivity index is 3.41. The molecule has 0 aliphatic heterocycles. The van der Waals surface area contributed by atoms with Crippen molar-refractivity contribution < 1.29 is 9.53 Å². The number of allylic oxidation sites excluding steroid dienone is 1. The first-order chi connectivity index (χ1) is 6.16. The van der Waals surface area contributed by atoms with Crippen molar-refractivity contribution >= 4 is 6.09 Å². The lowest BCUT2D eigenvalue weighted by Gasteiger charge is -2.01. The monoisotopic (exact) mass is 181 g/mol. The van der Waals surface area contributed by atoms with Gasteiger partial charge in [0.25, 0.3) is 0 Å². The summed E-state index contributed by atoms with van der Waals surface area (Å²) in [5.41, 5.74) is 4.76. The van der Waals surface area contributed by atoms with Crippen LogP contribution in [0.4, 0.5) is 4.79 Å². The van der Waals surface area contributed by atoms with E-state index in [9.17, 15) is 4.79 Å². The van der Waals surface area contributed by atoms with Gasteiger partial charge in [0.05, 0.1) is 0 Å². The van der Waals surface area contributed by atoms with Crippen LogP contribution in [0.2, 0.25) is 0 Å². The summed E-state index contributed by atoms with van der Waals surface area (Å²) in [6.07, 6.45) is 9.75. The highest BCUT2D eigenvalue weighted by Gasteiger charge is 1.95. The van der Waals surface area contributed by atoms with Crippen molar-refractivity contribution in [3.8, 4) is 12.3 Å². The fourth-order valence-electron chi connectivity index (χ4n) is 0.811. The molecule has 0 radical (unpaired) electrons. The highest BCUT2D eigenvalue weighted by molar-refractivity contribution is 5.64. The van der Waals surface area contributed by atoms with E-state index in [-0.39, 0.29) is 6.61 Å². The van der Waals surface area contributed by atoms with Crippen LogP contribution in [0.3, 0.4) is 0 Å². The second-order valence-corrected chi connectivity index (χ2v) is 2.85. The van der Waals surface area contributed by atoms with Crippen LogP contribution in [-0.2, 0) is 4.74 Å². The van der Waals surface area contributed by atoms with Gasteiger partial charge in [-0.25, -0.2) is 4.79 Å². The van der Waals surface area contributed by atoms with Gasteiger partial charge in [-0.3, -0.25) is 0 Å². The molecule has 0 aromatic rings. The zero-order valence-corrected chi connectivity index (χ0v) is 7.82. The molecule has 13 heavy (non-hydrogen) atoms. The predicted molar refractivity (Wildman–Crippen MR) is 51.9 cm³/mol. The van der Waals surface area contributed by atoms with Crippen LogP contribution in [0.15, 0.2) is 12.2 Å². The van der Waals surface area contributed by atoms with E-state index in [0.717, 1.165) is 12.8 Å². The van der Waals surface area contributed by atoms with Crippen molar-refractivity contribution in [2.45, 2.75) is 19.8 Å². The molecule has 0 saturated carbocycles. The Morgan fingerprint density at radius 3 is 2.92 bits per heavy atom. The maximum absolute atomic E-state index is 10.1. The summed E-state index contributed by atoms with van der Waals surface area (Å²) in [6, 6.07) is 0. The van der Waals surface area contributed by atoms with Gasteiger partial charge in [0, 0.05) is 6.42 Å². The van der Waals surface area contributed by atoms with Crippen LogP contribution in [0, 0.1) is 18.3 Å². The van der Waals surface area contributed by atoms with E-state index in [1.807, 2.05) is 6.08 Å². The molecule has 3 heteroatoms. The Kier molecular flexibility index (Phi) is 6.44. The molecule has 0 aromatic heterocycles. The summed E-state index contributed by atoms with van der Waals surface area (Å²) < 4.78 is 4.50. The standard InChI is InChI=1S/C10H15NO2/c1-3-6-9(2)7-4-5-8-13-10(11)12/h1,4-5,9H,6-8H2,2H3,(H2,11,12)/b5-4+/t9-/m1/s1. The van der Waals surface area contributed by atoms with E-state index in [4.69, 9.17) is 12.2 Å². The van der Waals surface area contributed by atoms with E-state index >= 15 is 0 Å². The molecular weight excluding hydrogens is 166 g/mol. The molecule has 0 rings (SSSR count). The molecule has 0 unspecified atom stereocenters. The van der Waals surface area contributed by atoms with Gasteiger partial charge in [0.1, 0.15) is 6.61 Å². The third-order valence-corrected chi connectivity index (χ3v) is 1.49. The number of hydrogen-bond donors (Lipinski definition) is 1. The topological polar surface area (TPSA) is 52.3 Å². The molecule has 0 aliphatic rings. The van der Waals surface area contributed by atoms with Gasteiger partial charge in [-0.05, 0) is 12.3 Å². The maximum Gasteiger partial charge on any atom is 0.404 e. The summed E-state index contributed by atoms with van der Waals surface area (Å²) in [5, 5.41) is 0. The van der Waals surface area contributed by atoms with E-state index in [0.29, 0.717) is 5.92 Å². The van der Waals surface area contributed by atoms with E-state index in [1.54, 1.807) is 6.08 Å². The molecular formula is C10H15NO2. The first-order valence-electron chi connectivity index (χ1n) is 4.17. The number of nitrogens with two attached hydrogens (primary N) is 1. The number of terminal acetylenes is 1. The Morgan fingerprint density at radius 1 is 1.69 bits per heavy atom. The highest BCUT2D eigenvalue weighted by Crippen LogP contribution is 2.06. The minimum absolute atomic E-state index is 0.234. The van der Waals surface area contributed by atoms with Crippen molar-refractivity contribution in [2.24, 2.45) is 11.7 Å². The zero-order valence-electron chi connectivity index (χ0n) is 7.82. The molecule has 1 atom stereocenters. The number of ether oxygens (including phenoxy) is 1. The van der Waals surface area contributed by atoms with Gasteiger partial charge in [0.2, 0.25) is 0 Å². The number of primary amides is 1. The lowest BCUT2D eigenvalue weighted by atomic mass is 10.0. The van der Waals surface area contributed by atoms with Crippen LogP contribution in [0.25, 0.3) is 0 Å². The molecule has 0 aromatic carbocycles. The highest BCUT2D eigenvalue weighted by atomic mass is 16.5. The minimum atomic E-state index is -0.749. The number of amides is 1. The first kappa shape index (κ1) is 11.6. The summed E-state index contributed by atoms with van der Waals surface area (Å²) in [6.45, 7) is 2.30. The van der Waals surface area contributed by atoms with Crippen molar-refractivity contribution in [3.05, 3.63) is 12.2 Å². The summed E-state index contributed by atoms with van der Waals surface area (Å²) >= 11 is 0. The van der Waals surface area contributed by atoms with Crippen molar-refractivity contribution in [2.75, 3.05) is 6.61 Å². The minimum Gasteiger partial charge on any atom is -0.445 e. The normalized spacial score (nSPS) is 12.3. The van der Waals surface area contributed by atoms with Crippen LogP contribution in [0.5, 0.6) is 0 Å². The summed E-state index contributed by atoms with van der Waals surface area (Å²) in [5.74, 6) is 3.05. The fourth-order valence-corrected chi connectivity index (χ4v) is 0.811. The van der Waals surface area contributed by atoms with Crippen LogP contribution in [-0.4, -0.2) is 12.7 Å². The SMILES string of the molecule is C#CC[C@@H](C)C/C=C/COC(N)=O. The predicted octanol–water partition coefficient (Wildman–Crippen LogP) is 1.69. The van der Waals surface area contributed by atoms with Crippen LogP contribution in [0.1, 0.15) is 19.8 Å². The van der Waals surface area contributed by atoms with E-state index in [1.165, 1.54) is 0 Å². The molecule has 0 bridgehead atoms. The number of hydrogen-bond acceptors (Lipinski definition) is 2. The Labute approximate surface area is 78.9 Å². The zero-order chi connectivity index (χ0) is 10.1. The smallest absolute Gasteiger partial charge is 0.404 e. The molecule has 72 valence electrons. The third kappa shape index (κ3) is 8.48. The lowest BCUT2D eigenvalue weighted by Crippen LogP contribution is -2.12. The lowest BCUT2D eigenvalue weighted by molar-refractivity contribution is 0.169. The van der Waals surface area contributed by atoms with E-state index in [2.05, 4.69) is 17.6 Å².